The first-order chi connectivity index (χ1) is 11.1. The molecule has 0 aliphatic carbocycles. The van der Waals surface area contributed by atoms with Gasteiger partial charge < -0.3 is 19.5 Å². The molecule has 1 aromatic carbocycles. The number of carbonyl (C=O) groups is 1. The summed E-state index contributed by atoms with van der Waals surface area (Å²) in [4.78, 5) is 20.2. The summed E-state index contributed by atoms with van der Waals surface area (Å²) in [5, 5.41) is 3.17. The van der Waals surface area contributed by atoms with Gasteiger partial charge in [-0.05, 0) is 18.2 Å². The Balaban J connectivity index is 2.13. The van der Waals surface area contributed by atoms with Gasteiger partial charge in [-0.15, -0.1) is 0 Å². The number of amides is 1. The molecule has 1 heterocycles. The highest BCUT2D eigenvalue weighted by Gasteiger charge is 2.13. The third kappa shape index (κ3) is 4.80. The van der Waals surface area contributed by atoms with Crippen LogP contribution in [0.3, 0.4) is 0 Å². The van der Waals surface area contributed by atoms with Crippen LogP contribution in [0.15, 0.2) is 30.6 Å². The number of halogens is 1. The Bertz CT molecular complexity index is 664. The summed E-state index contributed by atoms with van der Waals surface area (Å²) in [5.41, 5.74) is 0.588. The van der Waals surface area contributed by atoms with E-state index in [-0.39, 0.29) is 5.69 Å². The van der Waals surface area contributed by atoms with E-state index in [4.69, 9.17) is 25.8 Å². The zero-order chi connectivity index (χ0) is 16.7. The van der Waals surface area contributed by atoms with Gasteiger partial charge in [0.25, 0.3) is 5.91 Å². The molecule has 0 radical (unpaired) electrons. The zero-order valence-electron chi connectivity index (χ0n) is 12.7. The van der Waals surface area contributed by atoms with Gasteiger partial charge in [-0.25, -0.2) is 9.97 Å². The van der Waals surface area contributed by atoms with Crippen LogP contribution in [0.5, 0.6) is 11.6 Å². The lowest BCUT2D eigenvalue weighted by Gasteiger charge is -2.12. The molecule has 7 nitrogen and oxygen atoms in total. The third-order valence-corrected chi connectivity index (χ3v) is 3.04. The molecule has 0 atom stereocenters. The number of nitrogens with zero attached hydrogens (tertiary/aromatic N) is 2. The standard InChI is InChI=1S/C15H16ClN3O4/c1-21-5-6-23-13-4-3-10(16)7-11(13)19-15(20)12-8-18-14(22-2)9-17-12/h3-4,7-9H,5-6H2,1-2H3,(H,19,20). The minimum Gasteiger partial charge on any atom is -0.489 e. The van der Waals surface area contributed by atoms with E-state index >= 15 is 0 Å². The maximum absolute atomic E-state index is 12.2. The average Bonchev–Trinajstić information content (AvgIpc) is 2.57. The van der Waals surface area contributed by atoms with E-state index in [1.165, 1.54) is 19.5 Å². The molecule has 1 N–H and O–H groups in total. The Hall–Kier alpha value is -2.38. The van der Waals surface area contributed by atoms with Crippen molar-refractivity contribution in [2.45, 2.75) is 0 Å². The summed E-state index contributed by atoms with van der Waals surface area (Å²) in [6, 6.07) is 4.94. The van der Waals surface area contributed by atoms with E-state index in [9.17, 15) is 4.79 Å². The molecule has 0 aliphatic heterocycles. The van der Waals surface area contributed by atoms with Gasteiger partial charge in [0, 0.05) is 12.1 Å². The summed E-state index contributed by atoms with van der Waals surface area (Å²) >= 11 is 5.97. The lowest BCUT2D eigenvalue weighted by Crippen LogP contribution is -2.15. The van der Waals surface area contributed by atoms with E-state index in [1.54, 1.807) is 25.3 Å². The van der Waals surface area contributed by atoms with Gasteiger partial charge in [-0.1, -0.05) is 11.6 Å². The van der Waals surface area contributed by atoms with Crippen molar-refractivity contribution in [2.75, 3.05) is 32.8 Å². The largest absolute Gasteiger partial charge is 0.489 e. The Morgan fingerprint density at radius 3 is 2.70 bits per heavy atom. The lowest BCUT2D eigenvalue weighted by atomic mass is 10.2. The molecule has 0 saturated heterocycles. The fraction of sp³-hybridized carbons (Fsp3) is 0.267. The predicted octanol–water partition coefficient (Wildman–Crippen LogP) is 2.42. The first-order valence-electron chi connectivity index (χ1n) is 6.72. The molecule has 122 valence electrons. The third-order valence-electron chi connectivity index (χ3n) is 2.80. The Labute approximate surface area is 138 Å². The van der Waals surface area contributed by atoms with Crippen LogP contribution in [0.1, 0.15) is 10.5 Å². The molecule has 0 saturated carbocycles. The molecular formula is C15H16ClN3O4. The SMILES string of the molecule is COCCOc1ccc(Cl)cc1NC(=O)c1cnc(OC)cn1. The van der Waals surface area contributed by atoms with Gasteiger partial charge in [-0.3, -0.25) is 4.79 Å². The molecule has 8 heteroatoms. The second kappa shape index (κ2) is 8.30. The van der Waals surface area contributed by atoms with Crippen LogP contribution >= 0.6 is 11.6 Å². The van der Waals surface area contributed by atoms with Crippen LogP contribution < -0.4 is 14.8 Å². The van der Waals surface area contributed by atoms with Crippen molar-refractivity contribution in [3.8, 4) is 11.6 Å². The number of anilines is 1. The maximum atomic E-state index is 12.2. The van der Waals surface area contributed by atoms with Crippen LogP contribution in [-0.2, 0) is 4.74 Å². The molecule has 2 rings (SSSR count). The summed E-state index contributed by atoms with van der Waals surface area (Å²) in [6.45, 7) is 0.781. The lowest BCUT2D eigenvalue weighted by molar-refractivity contribution is 0.102. The summed E-state index contributed by atoms with van der Waals surface area (Å²) in [7, 11) is 3.05. The van der Waals surface area contributed by atoms with Crippen molar-refractivity contribution in [1.82, 2.24) is 9.97 Å². The first kappa shape index (κ1) is 17.0. The topological polar surface area (TPSA) is 82.6 Å². The second-order valence-corrected chi connectivity index (χ2v) is 4.82. The van der Waals surface area contributed by atoms with Gasteiger partial charge in [0.15, 0.2) is 0 Å². The number of hydrogen-bond acceptors (Lipinski definition) is 6. The van der Waals surface area contributed by atoms with Crippen molar-refractivity contribution < 1.29 is 19.0 Å². The number of benzene rings is 1. The molecule has 0 bridgehead atoms. The second-order valence-electron chi connectivity index (χ2n) is 4.38. The van der Waals surface area contributed by atoms with Crippen LogP contribution in [-0.4, -0.2) is 43.3 Å². The van der Waals surface area contributed by atoms with E-state index in [1.807, 2.05) is 0 Å². The van der Waals surface area contributed by atoms with Crippen molar-refractivity contribution >= 4 is 23.2 Å². The number of nitrogens with one attached hydrogen (secondary N) is 1. The van der Waals surface area contributed by atoms with Crippen molar-refractivity contribution in [2.24, 2.45) is 0 Å². The van der Waals surface area contributed by atoms with Gasteiger partial charge in [0.05, 0.1) is 31.8 Å². The van der Waals surface area contributed by atoms with Crippen molar-refractivity contribution in [3.05, 3.63) is 41.3 Å². The van der Waals surface area contributed by atoms with Gasteiger partial charge in [0.2, 0.25) is 5.88 Å². The minimum absolute atomic E-state index is 0.147. The van der Waals surface area contributed by atoms with Crippen molar-refractivity contribution in [1.29, 1.82) is 0 Å². The van der Waals surface area contributed by atoms with Gasteiger partial charge in [0.1, 0.15) is 18.1 Å². The molecule has 23 heavy (non-hydrogen) atoms. The molecule has 1 amide bonds. The number of carbonyl (C=O) groups excluding carboxylic acids is 1. The Morgan fingerprint density at radius 2 is 2.04 bits per heavy atom. The Morgan fingerprint density at radius 1 is 1.22 bits per heavy atom. The van der Waals surface area contributed by atoms with Gasteiger partial charge >= 0.3 is 0 Å². The quantitative estimate of drug-likeness (QED) is 0.781. The van der Waals surface area contributed by atoms with Crippen LogP contribution in [0.2, 0.25) is 5.02 Å². The van der Waals surface area contributed by atoms with E-state index in [0.717, 1.165) is 0 Å². The summed E-state index contributed by atoms with van der Waals surface area (Å²) in [6.07, 6.45) is 2.69. The number of hydrogen-bond donors (Lipinski definition) is 1. The highest BCUT2D eigenvalue weighted by atomic mass is 35.5. The zero-order valence-corrected chi connectivity index (χ0v) is 13.5. The number of rotatable bonds is 7. The highest BCUT2D eigenvalue weighted by molar-refractivity contribution is 6.31. The van der Waals surface area contributed by atoms with E-state index < -0.39 is 5.91 Å². The molecule has 0 unspecified atom stereocenters. The highest BCUT2D eigenvalue weighted by Crippen LogP contribution is 2.28. The molecular weight excluding hydrogens is 322 g/mol. The average molecular weight is 338 g/mol. The van der Waals surface area contributed by atoms with Crippen LogP contribution in [0.25, 0.3) is 0 Å². The molecule has 0 spiro atoms. The normalized spacial score (nSPS) is 10.2. The molecule has 0 aliphatic rings. The summed E-state index contributed by atoms with van der Waals surface area (Å²) in [5.74, 6) is 0.383. The monoisotopic (exact) mass is 337 g/mol. The smallest absolute Gasteiger partial charge is 0.275 e. The fourth-order valence-electron chi connectivity index (χ4n) is 1.69. The fourth-order valence-corrected chi connectivity index (χ4v) is 1.86. The number of methoxy groups -OCH3 is 2. The number of ether oxygens (including phenoxy) is 3. The molecule has 1 aromatic heterocycles. The van der Waals surface area contributed by atoms with E-state index in [2.05, 4.69) is 15.3 Å². The van der Waals surface area contributed by atoms with E-state index in [0.29, 0.717) is 35.6 Å². The molecule has 0 fully saturated rings. The number of aromatic nitrogens is 2. The predicted molar refractivity (Wildman–Crippen MR) is 85.4 cm³/mol. The minimum atomic E-state index is -0.431. The van der Waals surface area contributed by atoms with Gasteiger partial charge in [-0.2, -0.15) is 0 Å². The van der Waals surface area contributed by atoms with Crippen molar-refractivity contribution in [3.63, 3.8) is 0 Å². The first-order valence-corrected chi connectivity index (χ1v) is 7.10. The molecule has 2 aromatic rings. The van der Waals surface area contributed by atoms with Crippen LogP contribution in [0, 0.1) is 0 Å². The Kier molecular flexibility index (Phi) is 6.13. The summed E-state index contributed by atoms with van der Waals surface area (Å²) < 4.78 is 15.4. The van der Waals surface area contributed by atoms with Crippen LogP contribution in [0.4, 0.5) is 5.69 Å². The maximum Gasteiger partial charge on any atom is 0.275 e.